The summed E-state index contributed by atoms with van der Waals surface area (Å²) in [5, 5.41) is 0. The fraction of sp³-hybridized carbons (Fsp3) is 0.533. The van der Waals surface area contributed by atoms with Gasteiger partial charge in [-0.1, -0.05) is 62.6 Å². The molecule has 5 rings (SSSR count). The minimum Gasteiger partial charge on any atom is -0.308 e. The molecular weight excluding hydrogens is 430 g/mol. The molecule has 1 saturated heterocycles. The number of nitrogens with zero attached hydrogens (tertiary/aromatic N) is 5. The van der Waals surface area contributed by atoms with E-state index in [0.29, 0.717) is 0 Å². The number of aryl methyl sites for hydroxylation is 3. The molecule has 0 N–H and O–H groups in total. The number of benzene rings is 1. The zero-order valence-electron chi connectivity index (χ0n) is 21.8. The minimum absolute atomic E-state index is 0.810. The Kier molecular flexibility index (Phi) is 7.64. The molecule has 5 nitrogen and oxygen atoms in total. The van der Waals surface area contributed by atoms with Crippen LogP contribution in [0.25, 0.3) is 17.2 Å². The molecule has 1 aliphatic heterocycles. The van der Waals surface area contributed by atoms with Gasteiger partial charge in [-0.25, -0.2) is 9.97 Å². The van der Waals surface area contributed by atoms with E-state index in [2.05, 4.69) is 77.6 Å². The highest BCUT2D eigenvalue weighted by molar-refractivity contribution is 5.76. The third kappa shape index (κ3) is 5.68. The molecule has 0 bridgehead atoms. The van der Waals surface area contributed by atoms with Crippen molar-refractivity contribution in [1.82, 2.24) is 24.3 Å². The monoisotopic (exact) mass is 471 g/mol. The summed E-state index contributed by atoms with van der Waals surface area (Å²) in [7, 11) is 0. The van der Waals surface area contributed by atoms with E-state index >= 15 is 0 Å². The highest BCUT2D eigenvalue weighted by Crippen LogP contribution is 2.24. The first-order valence-corrected chi connectivity index (χ1v) is 13.7. The molecule has 35 heavy (non-hydrogen) atoms. The van der Waals surface area contributed by atoms with Crippen LogP contribution in [0.5, 0.6) is 0 Å². The van der Waals surface area contributed by atoms with Crippen LogP contribution in [0.4, 0.5) is 0 Å². The van der Waals surface area contributed by atoms with Crippen molar-refractivity contribution in [3.63, 3.8) is 0 Å². The van der Waals surface area contributed by atoms with Crippen molar-refractivity contribution in [2.24, 2.45) is 0 Å². The SMILES string of the molecule is CCc1nc2c(C)cc(C)nc2n1Cc1ccc(C=CCN2CCN(C3CCCCC3)CC2)cc1. The molecule has 1 aromatic carbocycles. The van der Waals surface area contributed by atoms with Crippen LogP contribution in [0.3, 0.4) is 0 Å². The lowest BCUT2D eigenvalue weighted by Gasteiger charge is -2.40. The van der Waals surface area contributed by atoms with Crippen LogP contribution in [-0.2, 0) is 13.0 Å². The van der Waals surface area contributed by atoms with E-state index in [-0.39, 0.29) is 0 Å². The summed E-state index contributed by atoms with van der Waals surface area (Å²) in [6.07, 6.45) is 12.7. The van der Waals surface area contributed by atoms with Gasteiger partial charge >= 0.3 is 0 Å². The van der Waals surface area contributed by atoms with Gasteiger partial charge in [-0.3, -0.25) is 9.80 Å². The Balaban J connectivity index is 1.17. The van der Waals surface area contributed by atoms with E-state index in [0.717, 1.165) is 48.2 Å². The lowest BCUT2D eigenvalue weighted by atomic mass is 9.94. The van der Waals surface area contributed by atoms with E-state index in [1.54, 1.807) is 0 Å². The largest absolute Gasteiger partial charge is 0.308 e. The Bertz CT molecular complexity index is 1150. The molecule has 2 aromatic heterocycles. The van der Waals surface area contributed by atoms with Gasteiger partial charge in [-0.15, -0.1) is 0 Å². The first kappa shape index (κ1) is 24.2. The number of fused-ring (bicyclic) bond motifs is 1. The van der Waals surface area contributed by atoms with Gasteiger partial charge < -0.3 is 4.57 Å². The number of pyridine rings is 1. The number of imidazole rings is 1. The van der Waals surface area contributed by atoms with Crippen molar-refractivity contribution >= 4 is 17.2 Å². The van der Waals surface area contributed by atoms with E-state index in [9.17, 15) is 0 Å². The fourth-order valence-electron chi connectivity index (χ4n) is 5.90. The molecule has 5 heteroatoms. The second kappa shape index (κ2) is 11.0. The van der Waals surface area contributed by atoms with Crippen molar-refractivity contribution < 1.29 is 0 Å². The van der Waals surface area contributed by atoms with Crippen LogP contribution in [0.1, 0.15) is 67.2 Å². The number of hydrogen-bond donors (Lipinski definition) is 0. The van der Waals surface area contributed by atoms with Crippen molar-refractivity contribution in [1.29, 1.82) is 0 Å². The number of aromatic nitrogens is 3. The van der Waals surface area contributed by atoms with E-state index in [1.165, 1.54) is 75.0 Å². The van der Waals surface area contributed by atoms with E-state index < -0.39 is 0 Å². The van der Waals surface area contributed by atoms with Crippen molar-refractivity contribution in [2.75, 3.05) is 32.7 Å². The quantitative estimate of drug-likeness (QED) is 0.448. The van der Waals surface area contributed by atoms with E-state index in [4.69, 9.17) is 9.97 Å². The van der Waals surface area contributed by atoms with Gasteiger partial charge in [0, 0.05) is 50.9 Å². The first-order chi connectivity index (χ1) is 17.1. The Labute approximate surface area is 210 Å². The first-order valence-electron chi connectivity index (χ1n) is 13.7. The molecule has 0 radical (unpaired) electrons. The van der Waals surface area contributed by atoms with Gasteiger partial charge in [0.2, 0.25) is 0 Å². The van der Waals surface area contributed by atoms with Crippen LogP contribution in [0.15, 0.2) is 36.4 Å². The summed E-state index contributed by atoms with van der Waals surface area (Å²) >= 11 is 0. The number of piperazine rings is 1. The van der Waals surface area contributed by atoms with Gasteiger partial charge in [-0.05, 0) is 49.4 Å². The summed E-state index contributed by atoms with van der Waals surface area (Å²) in [6.45, 7) is 13.1. The predicted molar refractivity (Wildman–Crippen MR) is 146 cm³/mol. The molecule has 3 aromatic rings. The number of rotatable bonds is 7. The molecule has 2 aliphatic rings. The molecule has 0 spiro atoms. The van der Waals surface area contributed by atoms with E-state index in [1.807, 2.05) is 0 Å². The maximum absolute atomic E-state index is 4.88. The zero-order chi connectivity index (χ0) is 24.2. The van der Waals surface area contributed by atoms with Gasteiger partial charge in [0.05, 0.1) is 6.54 Å². The fourth-order valence-corrected chi connectivity index (χ4v) is 5.90. The Morgan fingerprint density at radius 3 is 2.40 bits per heavy atom. The van der Waals surface area contributed by atoms with Gasteiger partial charge in [0.1, 0.15) is 11.3 Å². The molecule has 1 saturated carbocycles. The lowest BCUT2D eigenvalue weighted by molar-refractivity contribution is 0.0847. The smallest absolute Gasteiger partial charge is 0.160 e. The number of hydrogen-bond acceptors (Lipinski definition) is 4. The summed E-state index contributed by atoms with van der Waals surface area (Å²) in [5.74, 6) is 1.11. The van der Waals surface area contributed by atoms with Crippen LogP contribution in [0.2, 0.25) is 0 Å². The summed E-state index contributed by atoms with van der Waals surface area (Å²) in [4.78, 5) is 15.0. The molecule has 1 aliphatic carbocycles. The van der Waals surface area contributed by atoms with Crippen LogP contribution in [-0.4, -0.2) is 63.1 Å². The summed E-state index contributed by atoms with van der Waals surface area (Å²) < 4.78 is 2.28. The zero-order valence-corrected chi connectivity index (χ0v) is 21.8. The standard InChI is InChI=1S/C30H41N5/c1-4-28-32-29-23(2)21-24(3)31-30(29)35(28)22-26-14-12-25(13-15-26)9-8-16-33-17-19-34(20-18-33)27-10-6-5-7-11-27/h8-9,12-15,21,27H,4-7,10-11,16-20,22H2,1-3H3. The average molecular weight is 472 g/mol. The van der Waals surface area contributed by atoms with Gasteiger partial charge in [0.25, 0.3) is 0 Å². The second-order valence-electron chi connectivity index (χ2n) is 10.5. The van der Waals surface area contributed by atoms with Crippen LogP contribution >= 0.6 is 0 Å². The molecule has 0 atom stereocenters. The minimum atomic E-state index is 0.810. The Morgan fingerprint density at radius 1 is 0.943 bits per heavy atom. The Morgan fingerprint density at radius 2 is 1.69 bits per heavy atom. The topological polar surface area (TPSA) is 37.2 Å². The molecule has 0 amide bonds. The normalized spacial score (nSPS) is 18.7. The van der Waals surface area contributed by atoms with Gasteiger partial charge in [0.15, 0.2) is 5.65 Å². The molecule has 186 valence electrons. The average Bonchev–Trinajstić information content (AvgIpc) is 3.23. The third-order valence-electron chi connectivity index (χ3n) is 7.91. The molecule has 2 fully saturated rings. The van der Waals surface area contributed by atoms with Crippen molar-refractivity contribution in [3.8, 4) is 0 Å². The highest BCUT2D eigenvalue weighted by Gasteiger charge is 2.24. The highest BCUT2D eigenvalue weighted by atomic mass is 15.3. The summed E-state index contributed by atoms with van der Waals surface area (Å²) in [6, 6.07) is 11.9. The van der Waals surface area contributed by atoms with Crippen molar-refractivity contribution in [2.45, 2.75) is 71.9 Å². The Hall–Kier alpha value is -2.50. The third-order valence-corrected chi connectivity index (χ3v) is 7.91. The van der Waals surface area contributed by atoms with Crippen molar-refractivity contribution in [3.05, 3.63) is 64.6 Å². The van der Waals surface area contributed by atoms with Crippen LogP contribution in [0, 0.1) is 13.8 Å². The maximum Gasteiger partial charge on any atom is 0.160 e. The van der Waals surface area contributed by atoms with Crippen LogP contribution < -0.4 is 0 Å². The predicted octanol–water partition coefficient (Wildman–Crippen LogP) is 5.62. The molecule has 0 unspecified atom stereocenters. The maximum atomic E-state index is 4.88. The molecule has 3 heterocycles. The molecular formula is C30H41N5. The second-order valence-corrected chi connectivity index (χ2v) is 10.5. The summed E-state index contributed by atoms with van der Waals surface area (Å²) in [5.41, 5.74) is 6.85. The van der Waals surface area contributed by atoms with Gasteiger partial charge in [-0.2, -0.15) is 0 Å². The lowest BCUT2D eigenvalue weighted by Crippen LogP contribution is -2.50.